The molecule has 5 rings (SSSR count). The van der Waals surface area contributed by atoms with Crippen molar-refractivity contribution in [1.29, 1.82) is 0 Å². The van der Waals surface area contributed by atoms with Crippen molar-refractivity contribution >= 4 is 22.8 Å². The molecule has 7 nitrogen and oxygen atoms in total. The molecule has 0 spiro atoms. The number of carboxylic acid groups (broad SMARTS) is 1. The first-order valence-electron chi connectivity index (χ1n) is 12.1. The van der Waals surface area contributed by atoms with Crippen molar-refractivity contribution in [3.63, 3.8) is 0 Å². The molecule has 3 aromatic carbocycles. The second kappa shape index (κ2) is 10.7. The highest BCUT2D eigenvalue weighted by atomic mass is 19.4. The molecule has 0 radical (unpaired) electrons. The average Bonchev–Trinajstić information content (AvgIpc) is 3.52. The van der Waals surface area contributed by atoms with Crippen LogP contribution in [0.1, 0.15) is 27.9 Å². The van der Waals surface area contributed by atoms with E-state index in [1.54, 1.807) is 42.5 Å². The number of fused-ring (bicyclic) bond motifs is 1. The van der Waals surface area contributed by atoms with E-state index in [2.05, 4.69) is 10.4 Å². The van der Waals surface area contributed by atoms with Crippen molar-refractivity contribution in [1.82, 2.24) is 15.1 Å². The van der Waals surface area contributed by atoms with Crippen LogP contribution in [0.3, 0.4) is 0 Å². The summed E-state index contributed by atoms with van der Waals surface area (Å²) < 4.78 is 62.2. The van der Waals surface area contributed by atoms with Crippen molar-refractivity contribution in [2.24, 2.45) is 0 Å². The molecule has 5 aromatic rings. The number of halogens is 4. The van der Waals surface area contributed by atoms with Crippen molar-refractivity contribution in [2.75, 3.05) is 6.54 Å². The maximum atomic E-state index is 14.7. The fourth-order valence-corrected chi connectivity index (χ4v) is 4.19. The Kier molecular flexibility index (Phi) is 7.12. The molecule has 0 unspecified atom stereocenters. The van der Waals surface area contributed by atoms with Gasteiger partial charge in [0.1, 0.15) is 17.1 Å². The third-order valence-electron chi connectivity index (χ3n) is 6.20. The number of carbonyl (C=O) groups excluding carboxylic acids is 1. The lowest BCUT2D eigenvalue weighted by molar-refractivity contribution is -0.138. The van der Waals surface area contributed by atoms with Gasteiger partial charge < -0.3 is 14.8 Å². The zero-order chi connectivity index (χ0) is 28.4. The Morgan fingerprint density at radius 3 is 2.42 bits per heavy atom. The third-order valence-corrected chi connectivity index (χ3v) is 6.20. The normalized spacial score (nSPS) is 11.6. The monoisotopic (exact) mass is 551 g/mol. The Bertz CT molecular complexity index is 1670. The number of benzene rings is 3. The first kappa shape index (κ1) is 26.7. The Morgan fingerprint density at radius 1 is 0.975 bits per heavy atom. The minimum Gasteiger partial charge on any atom is -0.481 e. The second-order valence-corrected chi connectivity index (χ2v) is 9.01. The molecule has 0 bridgehead atoms. The van der Waals surface area contributed by atoms with E-state index in [0.29, 0.717) is 34.2 Å². The largest absolute Gasteiger partial charge is 0.481 e. The summed E-state index contributed by atoms with van der Waals surface area (Å²) in [4.78, 5) is 22.9. The van der Waals surface area contributed by atoms with Crippen LogP contribution in [0.2, 0.25) is 0 Å². The van der Waals surface area contributed by atoms with Crippen LogP contribution in [-0.4, -0.2) is 33.3 Å². The number of nitrogens with zero attached hydrogens (tertiary/aromatic N) is 2. The van der Waals surface area contributed by atoms with E-state index in [1.165, 1.54) is 10.7 Å². The predicted octanol–water partition coefficient (Wildman–Crippen LogP) is 6.37. The summed E-state index contributed by atoms with van der Waals surface area (Å²) >= 11 is 0. The van der Waals surface area contributed by atoms with Gasteiger partial charge in [-0.15, -0.1) is 0 Å². The molecule has 204 valence electrons. The molecule has 0 atom stereocenters. The standard InChI is InChI=1S/C29H21F4N3O4/c30-22-10-9-20(29(31,32)33)14-21(22)23-15-24(26-13-19-3-1-2-4-25(19)40-26)36(35-23)16-17-5-7-18(8-6-17)28(39)34-12-11-27(37)38/h1-10,13-15H,11-12,16H2,(H,34,39)(H,37,38). The molecule has 0 aliphatic carbocycles. The van der Waals surface area contributed by atoms with Crippen LogP contribution < -0.4 is 5.32 Å². The fourth-order valence-electron chi connectivity index (χ4n) is 4.19. The van der Waals surface area contributed by atoms with Gasteiger partial charge in [-0.25, -0.2) is 4.39 Å². The van der Waals surface area contributed by atoms with Crippen LogP contribution in [0.4, 0.5) is 17.6 Å². The minimum atomic E-state index is -4.66. The summed E-state index contributed by atoms with van der Waals surface area (Å²) in [7, 11) is 0. The van der Waals surface area contributed by atoms with Gasteiger partial charge in [0.2, 0.25) is 0 Å². The molecule has 2 heterocycles. The minimum absolute atomic E-state index is 0.00603. The number of alkyl halides is 3. The molecule has 11 heteroatoms. The summed E-state index contributed by atoms with van der Waals surface area (Å²) in [6, 6.07) is 19.1. The number of carboxylic acids is 1. The summed E-state index contributed by atoms with van der Waals surface area (Å²) in [6.07, 6.45) is -4.86. The molecule has 0 aliphatic rings. The van der Waals surface area contributed by atoms with Gasteiger partial charge in [0.25, 0.3) is 5.91 Å². The van der Waals surface area contributed by atoms with Crippen LogP contribution >= 0.6 is 0 Å². The Hall–Kier alpha value is -4.93. The van der Waals surface area contributed by atoms with E-state index >= 15 is 0 Å². The molecule has 40 heavy (non-hydrogen) atoms. The number of nitrogens with one attached hydrogen (secondary N) is 1. The molecular formula is C29H21F4N3O4. The Balaban J connectivity index is 1.50. The number of para-hydroxylation sites is 1. The Labute approximate surface area is 224 Å². The highest BCUT2D eigenvalue weighted by Crippen LogP contribution is 2.36. The van der Waals surface area contributed by atoms with Crippen molar-refractivity contribution in [3.05, 3.63) is 101 Å². The van der Waals surface area contributed by atoms with E-state index in [1.807, 2.05) is 12.1 Å². The second-order valence-electron chi connectivity index (χ2n) is 9.01. The molecule has 2 N–H and O–H groups in total. The number of hydrogen-bond donors (Lipinski definition) is 2. The highest BCUT2D eigenvalue weighted by molar-refractivity contribution is 5.94. The molecule has 0 fully saturated rings. The maximum Gasteiger partial charge on any atom is 0.416 e. The lowest BCUT2D eigenvalue weighted by Crippen LogP contribution is -2.25. The summed E-state index contributed by atoms with van der Waals surface area (Å²) in [5.41, 5.74) is 0.708. The number of amides is 1. The molecular weight excluding hydrogens is 530 g/mol. The van der Waals surface area contributed by atoms with Crippen LogP contribution in [-0.2, 0) is 17.5 Å². The van der Waals surface area contributed by atoms with E-state index in [9.17, 15) is 27.2 Å². The zero-order valence-corrected chi connectivity index (χ0v) is 20.7. The third kappa shape index (κ3) is 5.73. The van der Waals surface area contributed by atoms with Gasteiger partial charge in [-0.1, -0.05) is 30.3 Å². The van der Waals surface area contributed by atoms with Crippen LogP contribution in [0.15, 0.2) is 83.3 Å². The van der Waals surface area contributed by atoms with E-state index in [0.717, 1.165) is 17.5 Å². The predicted molar refractivity (Wildman–Crippen MR) is 138 cm³/mol. The lowest BCUT2D eigenvalue weighted by Gasteiger charge is -2.09. The van der Waals surface area contributed by atoms with Gasteiger partial charge in [-0.05, 0) is 54.1 Å². The quantitative estimate of drug-likeness (QED) is 0.218. The van der Waals surface area contributed by atoms with E-state index < -0.39 is 29.4 Å². The van der Waals surface area contributed by atoms with E-state index in [-0.39, 0.29) is 30.8 Å². The molecule has 0 aliphatic heterocycles. The first-order valence-corrected chi connectivity index (χ1v) is 12.1. The number of carbonyl (C=O) groups is 2. The van der Waals surface area contributed by atoms with Gasteiger partial charge in [-0.2, -0.15) is 18.3 Å². The topological polar surface area (TPSA) is 97.4 Å². The lowest BCUT2D eigenvalue weighted by atomic mass is 10.1. The molecule has 0 saturated carbocycles. The number of aliphatic carboxylic acids is 1. The SMILES string of the molecule is O=C(O)CCNC(=O)c1ccc(Cn2nc(-c3cc(C(F)(F)F)ccc3F)cc2-c2cc3ccccc3o2)cc1. The number of hydrogen-bond acceptors (Lipinski definition) is 4. The number of aromatic nitrogens is 2. The van der Waals surface area contributed by atoms with Crippen LogP contribution in [0, 0.1) is 5.82 Å². The molecule has 1 amide bonds. The summed E-state index contributed by atoms with van der Waals surface area (Å²) in [6.45, 7) is 0.118. The fraction of sp³-hybridized carbons (Fsp3) is 0.138. The van der Waals surface area contributed by atoms with Gasteiger partial charge in [0, 0.05) is 23.1 Å². The van der Waals surface area contributed by atoms with E-state index in [4.69, 9.17) is 9.52 Å². The van der Waals surface area contributed by atoms with Crippen molar-refractivity contribution in [2.45, 2.75) is 19.1 Å². The maximum absolute atomic E-state index is 14.7. The number of furan rings is 1. The molecule has 0 saturated heterocycles. The van der Waals surface area contributed by atoms with Gasteiger partial charge in [0.05, 0.1) is 24.2 Å². The van der Waals surface area contributed by atoms with Crippen LogP contribution in [0.5, 0.6) is 0 Å². The summed E-state index contributed by atoms with van der Waals surface area (Å²) in [5.74, 6) is -1.93. The van der Waals surface area contributed by atoms with Gasteiger partial charge in [-0.3, -0.25) is 14.3 Å². The summed E-state index contributed by atoms with van der Waals surface area (Å²) in [5, 5.41) is 16.5. The highest BCUT2D eigenvalue weighted by Gasteiger charge is 2.31. The van der Waals surface area contributed by atoms with Gasteiger partial charge >= 0.3 is 12.1 Å². The van der Waals surface area contributed by atoms with Crippen molar-refractivity contribution < 1.29 is 36.7 Å². The molecule has 2 aromatic heterocycles. The van der Waals surface area contributed by atoms with Gasteiger partial charge in [0.15, 0.2) is 5.76 Å². The van der Waals surface area contributed by atoms with Crippen molar-refractivity contribution in [3.8, 4) is 22.7 Å². The number of rotatable bonds is 8. The smallest absolute Gasteiger partial charge is 0.416 e. The van der Waals surface area contributed by atoms with Crippen LogP contribution in [0.25, 0.3) is 33.7 Å². The Morgan fingerprint density at radius 2 is 1.73 bits per heavy atom. The zero-order valence-electron chi connectivity index (χ0n) is 20.7. The first-order chi connectivity index (χ1) is 19.1. The average molecular weight is 551 g/mol.